The fourth-order valence-electron chi connectivity index (χ4n) is 4.47. The predicted molar refractivity (Wildman–Crippen MR) is 112 cm³/mol. The van der Waals surface area contributed by atoms with E-state index in [1.807, 2.05) is 6.07 Å². The van der Waals surface area contributed by atoms with E-state index in [9.17, 15) is 14.7 Å². The topological polar surface area (TPSA) is 75.6 Å². The van der Waals surface area contributed by atoms with Gasteiger partial charge >= 0.3 is 5.97 Å². The molecular weight excluding hydrogens is 366 g/mol. The first-order valence-electron chi connectivity index (χ1n) is 10.1. The first kappa shape index (κ1) is 21.1. The van der Waals surface area contributed by atoms with E-state index >= 15 is 0 Å². The van der Waals surface area contributed by atoms with Crippen LogP contribution in [0.5, 0.6) is 0 Å². The number of carbonyl (C=O) groups excluding carboxylic acids is 1. The number of hydrogen-bond acceptors (Lipinski definition) is 3. The molecule has 0 radical (unpaired) electrons. The molecule has 1 amide bonds. The van der Waals surface area contributed by atoms with Crippen LogP contribution in [0, 0.1) is 5.41 Å². The monoisotopic (exact) mass is 395 g/mol. The number of benzene rings is 2. The first-order valence-corrected chi connectivity index (χ1v) is 10.1. The van der Waals surface area contributed by atoms with E-state index in [4.69, 9.17) is 4.74 Å². The number of amides is 1. The Kier molecular flexibility index (Phi) is 6.38. The van der Waals surface area contributed by atoms with Gasteiger partial charge in [0.1, 0.15) is 0 Å². The average Bonchev–Trinajstić information content (AvgIpc) is 2.67. The molecule has 1 saturated heterocycles. The molecule has 0 aromatic heterocycles. The maximum Gasteiger partial charge on any atom is 0.336 e. The minimum atomic E-state index is -1.09. The molecule has 5 heteroatoms. The summed E-state index contributed by atoms with van der Waals surface area (Å²) >= 11 is 0. The van der Waals surface area contributed by atoms with Gasteiger partial charge in [-0.1, -0.05) is 42.5 Å². The molecule has 1 aliphatic rings. The third-order valence-electron chi connectivity index (χ3n) is 5.69. The molecule has 29 heavy (non-hydrogen) atoms. The standard InChI is InChI=1S/C24H29NO4/c1-23(2)17-24(13-15-29-23,16-18-8-4-3-5-9-18)12-14-25-21(26)19-10-6-7-11-20(19)22(27)28/h3-11H,12-17H2,1-2H3,(H,25,26)(H,27,28)/t24-/m0/s1. The average molecular weight is 395 g/mol. The fourth-order valence-corrected chi connectivity index (χ4v) is 4.47. The van der Waals surface area contributed by atoms with Gasteiger partial charge in [0.25, 0.3) is 5.91 Å². The van der Waals surface area contributed by atoms with E-state index in [1.165, 1.54) is 11.6 Å². The summed E-state index contributed by atoms with van der Waals surface area (Å²) in [5.74, 6) is -1.44. The molecule has 1 atom stereocenters. The van der Waals surface area contributed by atoms with Gasteiger partial charge in [0.05, 0.1) is 16.7 Å². The van der Waals surface area contributed by atoms with Crippen molar-refractivity contribution in [3.63, 3.8) is 0 Å². The van der Waals surface area contributed by atoms with Crippen LogP contribution in [0.1, 0.15) is 59.4 Å². The second-order valence-electron chi connectivity index (χ2n) is 8.55. The van der Waals surface area contributed by atoms with E-state index < -0.39 is 5.97 Å². The molecule has 1 fully saturated rings. The Morgan fingerprint density at radius 2 is 1.69 bits per heavy atom. The lowest BCUT2D eigenvalue weighted by atomic mass is 9.68. The Labute approximate surface area is 172 Å². The largest absolute Gasteiger partial charge is 0.478 e. The number of nitrogens with one attached hydrogen (secondary N) is 1. The lowest BCUT2D eigenvalue weighted by molar-refractivity contribution is -0.107. The predicted octanol–water partition coefficient (Wildman–Crippen LogP) is 4.32. The summed E-state index contributed by atoms with van der Waals surface area (Å²) in [5.41, 5.74) is 1.34. The SMILES string of the molecule is CC1(C)C[C@](CCNC(=O)c2ccccc2C(=O)O)(Cc2ccccc2)CCO1. The maximum absolute atomic E-state index is 12.6. The van der Waals surface area contributed by atoms with Crippen LogP contribution in [0.15, 0.2) is 54.6 Å². The molecule has 1 aliphatic heterocycles. The lowest BCUT2D eigenvalue weighted by Crippen LogP contribution is -2.44. The molecule has 0 aliphatic carbocycles. The number of ether oxygens (including phenoxy) is 1. The van der Waals surface area contributed by atoms with Crippen LogP contribution in [-0.2, 0) is 11.2 Å². The summed E-state index contributed by atoms with van der Waals surface area (Å²) in [6.07, 6.45) is 3.60. The number of hydrogen-bond donors (Lipinski definition) is 2. The normalized spacial score (nSPS) is 20.8. The summed E-state index contributed by atoms with van der Waals surface area (Å²) in [4.78, 5) is 24.0. The third-order valence-corrected chi connectivity index (χ3v) is 5.69. The van der Waals surface area contributed by atoms with Crippen molar-refractivity contribution in [2.75, 3.05) is 13.2 Å². The van der Waals surface area contributed by atoms with Gasteiger partial charge in [-0.15, -0.1) is 0 Å². The second kappa shape index (κ2) is 8.78. The first-order chi connectivity index (χ1) is 13.8. The second-order valence-corrected chi connectivity index (χ2v) is 8.55. The smallest absolute Gasteiger partial charge is 0.336 e. The molecule has 0 spiro atoms. The molecule has 2 aromatic carbocycles. The van der Waals surface area contributed by atoms with Crippen LogP contribution >= 0.6 is 0 Å². The van der Waals surface area contributed by atoms with Crippen molar-refractivity contribution in [1.29, 1.82) is 0 Å². The van der Waals surface area contributed by atoms with Crippen molar-refractivity contribution in [3.05, 3.63) is 71.3 Å². The van der Waals surface area contributed by atoms with Crippen molar-refractivity contribution in [2.24, 2.45) is 5.41 Å². The van der Waals surface area contributed by atoms with E-state index in [1.54, 1.807) is 18.2 Å². The van der Waals surface area contributed by atoms with Gasteiger partial charge in [-0.2, -0.15) is 0 Å². The number of carboxylic acid groups (broad SMARTS) is 1. The van der Waals surface area contributed by atoms with Crippen molar-refractivity contribution in [3.8, 4) is 0 Å². The lowest BCUT2D eigenvalue weighted by Gasteiger charge is -2.45. The molecule has 2 aromatic rings. The highest BCUT2D eigenvalue weighted by Gasteiger charge is 2.40. The van der Waals surface area contributed by atoms with Crippen LogP contribution in [-0.4, -0.2) is 35.7 Å². The summed E-state index contributed by atoms with van der Waals surface area (Å²) in [6.45, 7) is 5.44. The van der Waals surface area contributed by atoms with Gasteiger partial charge in [-0.25, -0.2) is 4.79 Å². The van der Waals surface area contributed by atoms with Crippen LogP contribution in [0.25, 0.3) is 0 Å². The van der Waals surface area contributed by atoms with Gasteiger partial charge < -0.3 is 15.2 Å². The molecule has 2 N–H and O–H groups in total. The highest BCUT2D eigenvalue weighted by molar-refractivity contribution is 6.04. The Bertz CT molecular complexity index is 862. The maximum atomic E-state index is 12.6. The van der Waals surface area contributed by atoms with Gasteiger partial charge in [0.2, 0.25) is 0 Å². The molecule has 1 heterocycles. The Morgan fingerprint density at radius 3 is 2.34 bits per heavy atom. The zero-order valence-electron chi connectivity index (χ0n) is 17.1. The highest BCUT2D eigenvalue weighted by atomic mass is 16.5. The molecule has 3 rings (SSSR count). The summed E-state index contributed by atoms with van der Waals surface area (Å²) in [7, 11) is 0. The van der Waals surface area contributed by atoms with Crippen LogP contribution in [0.4, 0.5) is 0 Å². The Balaban J connectivity index is 1.71. The molecule has 154 valence electrons. The molecule has 0 unspecified atom stereocenters. The van der Waals surface area contributed by atoms with Crippen LogP contribution in [0.2, 0.25) is 0 Å². The van der Waals surface area contributed by atoms with Crippen LogP contribution in [0.3, 0.4) is 0 Å². The molecule has 0 bridgehead atoms. The van der Waals surface area contributed by atoms with Gasteiger partial charge in [-0.3, -0.25) is 4.79 Å². The van der Waals surface area contributed by atoms with Gasteiger partial charge in [0, 0.05) is 13.2 Å². The van der Waals surface area contributed by atoms with Crippen LogP contribution < -0.4 is 5.32 Å². The Hall–Kier alpha value is -2.66. The number of carbonyl (C=O) groups is 2. The van der Waals surface area contributed by atoms with Crippen molar-refractivity contribution < 1.29 is 19.4 Å². The van der Waals surface area contributed by atoms with Crippen molar-refractivity contribution in [1.82, 2.24) is 5.32 Å². The van der Waals surface area contributed by atoms with Crippen molar-refractivity contribution in [2.45, 2.75) is 45.1 Å². The minimum absolute atomic E-state index is 0.0243. The minimum Gasteiger partial charge on any atom is -0.478 e. The summed E-state index contributed by atoms with van der Waals surface area (Å²) in [6, 6.07) is 16.7. The van der Waals surface area contributed by atoms with Gasteiger partial charge in [0.15, 0.2) is 0 Å². The van der Waals surface area contributed by atoms with E-state index in [2.05, 4.69) is 43.4 Å². The molecule has 5 nitrogen and oxygen atoms in total. The summed E-state index contributed by atoms with van der Waals surface area (Å²) < 4.78 is 5.94. The van der Waals surface area contributed by atoms with E-state index in [0.29, 0.717) is 13.2 Å². The number of carboxylic acids is 1. The van der Waals surface area contributed by atoms with Gasteiger partial charge in [-0.05, 0) is 62.6 Å². The highest BCUT2D eigenvalue weighted by Crippen LogP contribution is 2.43. The molecular formula is C24H29NO4. The molecule has 0 saturated carbocycles. The number of aromatic carboxylic acids is 1. The zero-order chi connectivity index (χ0) is 20.9. The fraction of sp³-hybridized carbons (Fsp3) is 0.417. The zero-order valence-corrected chi connectivity index (χ0v) is 17.1. The van der Waals surface area contributed by atoms with Crippen molar-refractivity contribution >= 4 is 11.9 Å². The Morgan fingerprint density at radius 1 is 1.03 bits per heavy atom. The number of rotatable bonds is 7. The third kappa shape index (κ3) is 5.45. The quantitative estimate of drug-likeness (QED) is 0.732. The van der Waals surface area contributed by atoms with E-state index in [0.717, 1.165) is 25.7 Å². The summed E-state index contributed by atoms with van der Waals surface area (Å²) in [5, 5.41) is 12.2. The van der Waals surface area contributed by atoms with E-state index in [-0.39, 0.29) is 28.1 Å².